The number of amides is 1. The van der Waals surface area contributed by atoms with Crippen molar-refractivity contribution < 1.29 is 22.2 Å². The van der Waals surface area contributed by atoms with E-state index in [4.69, 9.17) is 12.6 Å². The van der Waals surface area contributed by atoms with Gasteiger partial charge in [0.15, 0.2) is 0 Å². The normalized spacial score (nSPS) is 12.9. The summed E-state index contributed by atoms with van der Waals surface area (Å²) in [4.78, 5) is 29.7. The van der Waals surface area contributed by atoms with Crippen LogP contribution in [0.3, 0.4) is 0 Å². The number of hydrogen-bond acceptors (Lipinski definition) is 4. The second-order valence-corrected chi connectivity index (χ2v) is 8.41. The van der Waals surface area contributed by atoms with Crippen LogP contribution in [-0.4, -0.2) is 39.5 Å². The van der Waals surface area contributed by atoms with Crippen LogP contribution in [0.2, 0.25) is 0 Å². The average Bonchev–Trinajstić information content (AvgIpc) is 2.91. The Balaban J connectivity index is 1.82. The maximum Gasteiger partial charge on any atom is 0.303 e. The van der Waals surface area contributed by atoms with Gasteiger partial charge >= 0.3 is 5.97 Å². The molecule has 1 unspecified atom stereocenters. The third kappa shape index (κ3) is 7.67. The number of rotatable bonds is 13. The van der Waals surface area contributed by atoms with E-state index in [9.17, 15) is 9.59 Å². The van der Waals surface area contributed by atoms with Gasteiger partial charge in [-0.15, -0.1) is 0 Å². The van der Waals surface area contributed by atoms with Gasteiger partial charge in [0.05, 0.1) is 9.35 Å². The Morgan fingerprint density at radius 3 is 2.37 bits per heavy atom. The molecule has 0 aliphatic rings. The highest BCUT2D eigenvalue weighted by molar-refractivity contribution is 5.95. The molecule has 1 heterocycles. The fourth-order valence-corrected chi connectivity index (χ4v) is 3.58. The molecule has 0 saturated carbocycles. The summed E-state index contributed by atoms with van der Waals surface area (Å²) < 4.78 is 24.1. The van der Waals surface area contributed by atoms with E-state index in [1.165, 1.54) is 4.90 Å². The lowest BCUT2D eigenvalue weighted by atomic mass is 10.0. The smallest absolute Gasteiger partial charge is 0.303 e. The van der Waals surface area contributed by atoms with E-state index >= 15 is 0 Å². The number of nitrogens with zero attached hydrogens (tertiary/aromatic N) is 2. The number of carboxylic acids is 1. The summed E-state index contributed by atoms with van der Waals surface area (Å²) in [5.41, 5.74) is 2.61. The lowest BCUT2D eigenvalue weighted by Crippen LogP contribution is -2.37. The van der Waals surface area contributed by atoms with Crippen LogP contribution in [0.4, 0.5) is 0 Å². The minimum atomic E-state index is -2.13. The van der Waals surface area contributed by atoms with Crippen molar-refractivity contribution in [2.45, 2.75) is 58.5 Å². The second-order valence-electron chi connectivity index (χ2n) is 8.41. The van der Waals surface area contributed by atoms with Gasteiger partial charge in [0.1, 0.15) is 5.75 Å². The largest absolute Gasteiger partial charge is 0.493 e. The third-order valence-electron chi connectivity index (χ3n) is 5.82. The van der Waals surface area contributed by atoms with Crippen molar-refractivity contribution in [3.8, 4) is 16.9 Å². The molecule has 1 amide bonds. The molecule has 2 aromatic carbocycles. The molecule has 0 aliphatic heterocycles. The van der Waals surface area contributed by atoms with Crippen LogP contribution < -0.4 is 4.74 Å². The second kappa shape index (κ2) is 13.3. The summed E-state index contributed by atoms with van der Waals surface area (Å²) in [6, 6.07) is 17.4. The van der Waals surface area contributed by atoms with E-state index in [0.717, 1.165) is 11.1 Å². The monoisotopic (exact) mass is 476 g/mol. The molecule has 3 rings (SSSR count). The van der Waals surface area contributed by atoms with Crippen LogP contribution in [0.25, 0.3) is 11.1 Å². The fourth-order valence-electron chi connectivity index (χ4n) is 3.58. The zero-order valence-electron chi connectivity index (χ0n) is 22.3. The van der Waals surface area contributed by atoms with Gasteiger partial charge in [-0.1, -0.05) is 37.3 Å². The lowest BCUT2D eigenvalue weighted by Gasteiger charge is -2.29. The van der Waals surface area contributed by atoms with Crippen molar-refractivity contribution >= 4 is 11.9 Å². The van der Waals surface area contributed by atoms with Crippen LogP contribution in [0.1, 0.15) is 64.6 Å². The van der Waals surface area contributed by atoms with Crippen molar-refractivity contribution in [2.24, 2.45) is 0 Å². The summed E-state index contributed by atoms with van der Waals surface area (Å²) in [5, 5.41) is 8.78. The van der Waals surface area contributed by atoms with Gasteiger partial charge < -0.3 is 14.7 Å². The Labute approximate surface area is 210 Å². The number of carbonyl (C=O) groups excluding carboxylic acids is 1. The number of carbonyl (C=O) groups is 2. The molecule has 6 heteroatoms. The predicted molar refractivity (Wildman–Crippen MR) is 137 cm³/mol. The van der Waals surface area contributed by atoms with Gasteiger partial charge in [0.2, 0.25) is 0 Å². The minimum absolute atomic E-state index is 0.120. The average molecular weight is 477 g/mol. The number of ether oxygens (including phenoxy) is 1. The van der Waals surface area contributed by atoms with E-state index in [1.807, 2.05) is 38.1 Å². The third-order valence-corrected chi connectivity index (χ3v) is 5.82. The first-order valence-corrected chi connectivity index (χ1v) is 12.0. The maximum atomic E-state index is 13.7. The summed E-state index contributed by atoms with van der Waals surface area (Å²) >= 11 is 0. The van der Waals surface area contributed by atoms with Gasteiger partial charge in [0, 0.05) is 42.5 Å². The minimum Gasteiger partial charge on any atom is -0.493 e. The SMILES string of the molecule is [2H]C([2H])(c1ccccc1OCCCCCC(=O)O)N(C(=O)c1ccc(-c2ccncc2)cc1)C(C)CC. The van der Waals surface area contributed by atoms with Gasteiger partial charge in [-0.25, -0.2) is 0 Å². The Hall–Kier alpha value is -3.67. The molecular formula is C29H34N2O4. The first kappa shape index (κ1) is 23.1. The molecule has 0 spiro atoms. The number of hydrogen-bond donors (Lipinski definition) is 1. The molecular weight excluding hydrogens is 440 g/mol. The highest BCUT2D eigenvalue weighted by atomic mass is 16.5. The quantitative estimate of drug-likeness (QED) is 0.297. The van der Waals surface area contributed by atoms with E-state index in [2.05, 4.69) is 4.98 Å². The summed E-state index contributed by atoms with van der Waals surface area (Å²) in [6.07, 6.45) is 6.04. The zero-order chi connectivity index (χ0) is 26.8. The van der Waals surface area contributed by atoms with Crippen molar-refractivity contribution in [3.63, 3.8) is 0 Å². The summed E-state index contributed by atoms with van der Waals surface area (Å²) in [6.45, 7) is 1.97. The predicted octanol–water partition coefficient (Wildman–Crippen LogP) is 6.21. The summed E-state index contributed by atoms with van der Waals surface area (Å²) in [5.74, 6) is -0.842. The highest BCUT2D eigenvalue weighted by Gasteiger charge is 2.22. The molecule has 0 saturated heterocycles. The number of pyridine rings is 1. The zero-order valence-corrected chi connectivity index (χ0v) is 20.3. The maximum absolute atomic E-state index is 13.7. The van der Waals surface area contributed by atoms with Crippen molar-refractivity contribution in [1.29, 1.82) is 0 Å². The van der Waals surface area contributed by atoms with Crippen LogP contribution >= 0.6 is 0 Å². The van der Waals surface area contributed by atoms with Gasteiger partial charge in [-0.3, -0.25) is 14.6 Å². The standard InChI is InChI=1S/C29H34N2O4/c1-3-22(2)31(29(34)25-14-12-23(13-15-25)24-16-18-30-19-17-24)21-26-9-6-7-10-27(26)35-20-8-4-5-11-28(32)33/h6-7,9-10,12-19,22H,3-5,8,11,20-21H2,1-2H3,(H,32,33)/i21D2. The Kier molecular flexibility index (Phi) is 8.76. The number of para-hydroxylation sites is 1. The Morgan fingerprint density at radius 2 is 1.69 bits per heavy atom. The molecule has 1 N–H and O–H groups in total. The Bertz CT molecular complexity index is 1170. The first-order chi connectivity index (χ1) is 17.8. The molecule has 35 heavy (non-hydrogen) atoms. The molecule has 1 atom stereocenters. The topological polar surface area (TPSA) is 79.7 Å². The van der Waals surface area contributed by atoms with Gasteiger partial charge in [-0.2, -0.15) is 0 Å². The molecule has 0 radical (unpaired) electrons. The van der Waals surface area contributed by atoms with Crippen molar-refractivity contribution in [1.82, 2.24) is 9.88 Å². The Morgan fingerprint density at radius 1 is 1.00 bits per heavy atom. The van der Waals surface area contributed by atoms with Crippen LogP contribution in [0.15, 0.2) is 73.1 Å². The summed E-state index contributed by atoms with van der Waals surface area (Å²) in [7, 11) is 0. The van der Waals surface area contributed by atoms with Crippen molar-refractivity contribution in [3.05, 3.63) is 84.2 Å². The number of unbranched alkanes of at least 4 members (excludes halogenated alkanes) is 2. The first-order valence-electron chi connectivity index (χ1n) is 13.0. The van der Waals surface area contributed by atoms with E-state index in [1.54, 1.807) is 48.8 Å². The molecule has 1 aromatic heterocycles. The molecule has 3 aromatic rings. The number of aromatic nitrogens is 1. The molecule has 0 bridgehead atoms. The van der Waals surface area contributed by atoms with Gasteiger partial charge in [0.25, 0.3) is 5.91 Å². The molecule has 0 fully saturated rings. The van der Waals surface area contributed by atoms with Crippen LogP contribution in [-0.2, 0) is 11.3 Å². The molecule has 184 valence electrons. The molecule has 6 nitrogen and oxygen atoms in total. The fraction of sp³-hybridized carbons (Fsp3) is 0.345. The number of aliphatic carboxylic acids is 1. The number of benzene rings is 2. The van der Waals surface area contributed by atoms with Gasteiger partial charge in [-0.05, 0) is 74.1 Å². The van der Waals surface area contributed by atoms with E-state index in [-0.39, 0.29) is 18.0 Å². The van der Waals surface area contributed by atoms with Crippen molar-refractivity contribution in [2.75, 3.05) is 6.61 Å². The van der Waals surface area contributed by atoms with E-state index in [0.29, 0.717) is 43.6 Å². The van der Waals surface area contributed by atoms with E-state index < -0.39 is 18.4 Å². The van der Waals surface area contributed by atoms with Crippen LogP contribution in [0, 0.1) is 0 Å². The highest BCUT2D eigenvalue weighted by Crippen LogP contribution is 2.25. The number of carboxylic acid groups (broad SMARTS) is 1. The molecule has 0 aliphatic carbocycles. The van der Waals surface area contributed by atoms with Crippen LogP contribution in [0.5, 0.6) is 5.75 Å². The lowest BCUT2D eigenvalue weighted by molar-refractivity contribution is -0.137.